The third kappa shape index (κ3) is 3.67. The van der Waals surface area contributed by atoms with Gasteiger partial charge >= 0.3 is 0 Å². The highest BCUT2D eigenvalue weighted by molar-refractivity contribution is 5.13. The standard InChI is InChI=1S/C7H11F2N.C3H8O.C2H6/c1-10-3-2-6(5-10)4-7(6,8)9;1-3-4-2;1-2/h2-5H2,1H3;3H2,1-2H3;1-2H3. The number of rotatable bonds is 1. The number of hydrogen-bond acceptors (Lipinski definition) is 2. The summed E-state index contributed by atoms with van der Waals surface area (Å²) in [7, 11) is 3.59. The van der Waals surface area contributed by atoms with Gasteiger partial charge in [0.2, 0.25) is 0 Å². The van der Waals surface area contributed by atoms with E-state index in [9.17, 15) is 8.78 Å². The average Bonchev–Trinajstić information content (AvgIpc) is 2.60. The van der Waals surface area contributed by atoms with E-state index in [2.05, 4.69) is 4.74 Å². The summed E-state index contributed by atoms with van der Waals surface area (Å²) in [6.45, 7) is 8.22. The molecule has 1 saturated heterocycles. The van der Waals surface area contributed by atoms with E-state index in [1.54, 1.807) is 7.11 Å². The molecule has 0 aromatic heterocycles. The van der Waals surface area contributed by atoms with E-state index >= 15 is 0 Å². The topological polar surface area (TPSA) is 12.5 Å². The fraction of sp³-hybridized carbons (Fsp3) is 1.00. The molecule has 1 aliphatic carbocycles. The Labute approximate surface area is 98.0 Å². The van der Waals surface area contributed by atoms with E-state index in [0.29, 0.717) is 13.0 Å². The van der Waals surface area contributed by atoms with Gasteiger partial charge in [-0.15, -0.1) is 0 Å². The molecule has 0 bridgehead atoms. The smallest absolute Gasteiger partial charge is 0.255 e. The number of hydrogen-bond donors (Lipinski definition) is 0. The van der Waals surface area contributed by atoms with Crippen LogP contribution in [-0.2, 0) is 4.74 Å². The molecule has 0 aromatic rings. The molecular weight excluding hydrogens is 212 g/mol. The highest BCUT2D eigenvalue weighted by Gasteiger charge is 2.72. The van der Waals surface area contributed by atoms with Crippen molar-refractivity contribution in [3.05, 3.63) is 0 Å². The Hall–Kier alpha value is -0.220. The Kier molecular flexibility index (Phi) is 6.41. The molecule has 98 valence electrons. The van der Waals surface area contributed by atoms with Crippen LogP contribution in [0.5, 0.6) is 0 Å². The normalized spacial score (nSPS) is 30.2. The van der Waals surface area contributed by atoms with Gasteiger partial charge in [-0.25, -0.2) is 8.78 Å². The fourth-order valence-electron chi connectivity index (χ4n) is 1.90. The number of ether oxygens (including phenoxy) is 1. The minimum Gasteiger partial charge on any atom is -0.385 e. The molecule has 1 atom stereocenters. The van der Waals surface area contributed by atoms with Gasteiger partial charge in [0.05, 0.1) is 5.41 Å². The lowest BCUT2D eigenvalue weighted by Gasteiger charge is -2.07. The highest BCUT2D eigenvalue weighted by Crippen LogP contribution is 2.64. The molecule has 0 aromatic carbocycles. The van der Waals surface area contributed by atoms with Crippen molar-refractivity contribution in [1.82, 2.24) is 4.90 Å². The number of likely N-dealkylation sites (tertiary alicyclic amines) is 1. The highest BCUT2D eigenvalue weighted by atomic mass is 19.3. The van der Waals surface area contributed by atoms with Gasteiger partial charge in [0.15, 0.2) is 0 Å². The summed E-state index contributed by atoms with van der Waals surface area (Å²) in [6.07, 6.45) is 0.820. The molecule has 2 fully saturated rings. The summed E-state index contributed by atoms with van der Waals surface area (Å²) in [4.78, 5) is 1.99. The van der Waals surface area contributed by atoms with Crippen LogP contribution < -0.4 is 0 Å². The second-order valence-electron chi connectivity index (χ2n) is 4.23. The van der Waals surface area contributed by atoms with Gasteiger partial charge in [-0.2, -0.15) is 0 Å². The maximum absolute atomic E-state index is 12.6. The summed E-state index contributed by atoms with van der Waals surface area (Å²) in [5, 5.41) is 0. The first-order chi connectivity index (χ1) is 7.47. The van der Waals surface area contributed by atoms with E-state index in [1.165, 1.54) is 0 Å². The fourth-order valence-corrected chi connectivity index (χ4v) is 1.90. The van der Waals surface area contributed by atoms with Crippen molar-refractivity contribution in [1.29, 1.82) is 0 Å². The zero-order valence-electron chi connectivity index (χ0n) is 11.1. The molecule has 2 rings (SSSR count). The minimum atomic E-state index is -2.34. The van der Waals surface area contributed by atoms with Crippen LogP contribution >= 0.6 is 0 Å². The van der Waals surface area contributed by atoms with Crippen molar-refractivity contribution in [3.63, 3.8) is 0 Å². The van der Waals surface area contributed by atoms with Crippen LogP contribution in [0, 0.1) is 5.41 Å². The molecule has 2 nitrogen and oxygen atoms in total. The van der Waals surface area contributed by atoms with Crippen molar-refractivity contribution in [2.75, 3.05) is 33.9 Å². The Morgan fingerprint density at radius 2 is 1.75 bits per heavy atom. The van der Waals surface area contributed by atoms with Gasteiger partial charge in [0, 0.05) is 26.7 Å². The second-order valence-corrected chi connectivity index (χ2v) is 4.23. The van der Waals surface area contributed by atoms with Crippen molar-refractivity contribution in [2.45, 2.75) is 39.5 Å². The third-order valence-electron chi connectivity index (χ3n) is 3.04. The Bertz CT molecular complexity index is 197. The van der Waals surface area contributed by atoms with Crippen LogP contribution in [-0.4, -0.2) is 44.7 Å². The monoisotopic (exact) mass is 237 g/mol. The van der Waals surface area contributed by atoms with Crippen LogP contribution in [0.15, 0.2) is 0 Å². The van der Waals surface area contributed by atoms with Gasteiger partial charge in [-0.05, 0) is 26.9 Å². The van der Waals surface area contributed by atoms with Crippen molar-refractivity contribution >= 4 is 0 Å². The van der Waals surface area contributed by atoms with Crippen LogP contribution in [0.1, 0.15) is 33.6 Å². The molecule has 16 heavy (non-hydrogen) atoms. The van der Waals surface area contributed by atoms with Gasteiger partial charge < -0.3 is 9.64 Å². The second kappa shape index (κ2) is 6.50. The zero-order valence-corrected chi connectivity index (χ0v) is 11.1. The SMILES string of the molecule is CC.CCOC.CN1CCC2(C1)CC2(F)F. The van der Waals surface area contributed by atoms with Gasteiger partial charge in [0.1, 0.15) is 0 Å². The first-order valence-electron chi connectivity index (χ1n) is 6.03. The quantitative estimate of drug-likeness (QED) is 0.695. The minimum absolute atomic E-state index is 0.129. The summed E-state index contributed by atoms with van der Waals surface area (Å²) in [5.74, 6) is -2.34. The van der Waals surface area contributed by atoms with Crippen LogP contribution in [0.3, 0.4) is 0 Å². The maximum atomic E-state index is 12.6. The lowest BCUT2D eigenvalue weighted by molar-refractivity contribution is 0.0673. The average molecular weight is 237 g/mol. The molecule has 1 saturated carbocycles. The van der Waals surface area contributed by atoms with Crippen LogP contribution in [0.25, 0.3) is 0 Å². The predicted molar refractivity (Wildman–Crippen MR) is 63.0 cm³/mol. The number of methoxy groups -OCH3 is 1. The van der Waals surface area contributed by atoms with Gasteiger partial charge in [0.25, 0.3) is 5.92 Å². The van der Waals surface area contributed by atoms with Crippen molar-refractivity contribution in [2.24, 2.45) is 5.41 Å². The van der Waals surface area contributed by atoms with Crippen molar-refractivity contribution < 1.29 is 13.5 Å². The molecule has 0 N–H and O–H groups in total. The van der Waals surface area contributed by atoms with Gasteiger partial charge in [-0.1, -0.05) is 13.8 Å². The van der Waals surface area contributed by atoms with E-state index < -0.39 is 11.3 Å². The Morgan fingerprint density at radius 3 is 1.88 bits per heavy atom. The zero-order chi connectivity index (χ0) is 12.8. The molecular formula is C12H25F2NO. The molecule has 1 unspecified atom stereocenters. The molecule has 0 radical (unpaired) electrons. The molecule has 1 aliphatic heterocycles. The summed E-state index contributed by atoms with van der Waals surface area (Å²) in [6, 6.07) is 0. The van der Waals surface area contributed by atoms with Crippen molar-refractivity contribution in [3.8, 4) is 0 Å². The number of halogens is 2. The number of alkyl halides is 2. The van der Waals surface area contributed by atoms with Crippen LogP contribution in [0.4, 0.5) is 8.78 Å². The first-order valence-corrected chi connectivity index (χ1v) is 6.03. The van der Waals surface area contributed by atoms with E-state index in [1.807, 2.05) is 32.7 Å². The number of nitrogens with zero attached hydrogens (tertiary/aromatic N) is 1. The molecule has 4 heteroatoms. The van der Waals surface area contributed by atoms with Crippen LogP contribution in [0.2, 0.25) is 0 Å². The van der Waals surface area contributed by atoms with E-state index in [-0.39, 0.29) is 6.42 Å². The largest absolute Gasteiger partial charge is 0.385 e. The van der Waals surface area contributed by atoms with E-state index in [4.69, 9.17) is 0 Å². The summed E-state index contributed by atoms with van der Waals surface area (Å²) < 4.78 is 29.8. The Balaban J connectivity index is 0.000000323. The lowest BCUT2D eigenvalue weighted by Crippen LogP contribution is -2.17. The van der Waals surface area contributed by atoms with E-state index in [0.717, 1.165) is 13.2 Å². The predicted octanol–water partition coefficient (Wildman–Crippen LogP) is 3.03. The third-order valence-corrected chi connectivity index (χ3v) is 3.04. The first kappa shape index (κ1) is 15.8. The molecule has 2 aliphatic rings. The Morgan fingerprint density at radius 1 is 1.31 bits per heavy atom. The summed E-state index contributed by atoms with van der Waals surface area (Å²) >= 11 is 0. The summed E-state index contributed by atoms with van der Waals surface area (Å²) in [5.41, 5.74) is -0.595. The lowest BCUT2D eigenvalue weighted by atomic mass is 10.1. The molecule has 1 spiro atoms. The molecule has 1 heterocycles. The molecule has 0 amide bonds. The van der Waals surface area contributed by atoms with Gasteiger partial charge in [-0.3, -0.25) is 0 Å². The maximum Gasteiger partial charge on any atom is 0.255 e.